The fourth-order valence-corrected chi connectivity index (χ4v) is 0.502. The molecule has 1 atom stereocenters. The summed E-state index contributed by atoms with van der Waals surface area (Å²) in [6.45, 7) is 0. The molecule has 7 heteroatoms. The van der Waals surface area contributed by atoms with Crippen molar-refractivity contribution in [1.29, 1.82) is 5.26 Å². The molecule has 0 aromatic carbocycles. The summed E-state index contributed by atoms with van der Waals surface area (Å²) in [5, 5.41) is 7.62. The second-order valence-electron chi connectivity index (χ2n) is 1.04. The van der Waals surface area contributed by atoms with Gasteiger partial charge in [0.25, 0.3) is 6.26 Å². The second kappa shape index (κ2) is 3.91. The summed E-state index contributed by atoms with van der Waals surface area (Å²) in [5.74, 6) is 0. The first-order chi connectivity index (χ1) is 4.48. The Morgan fingerprint density at radius 1 is 1.70 bits per heavy atom. The minimum Gasteiger partial charge on any atom is -0.334 e. The van der Waals surface area contributed by atoms with Crippen LogP contribution in [0.3, 0.4) is 0 Å². The van der Waals surface area contributed by atoms with E-state index in [-0.39, 0.29) is 0 Å². The van der Waals surface area contributed by atoms with Crippen LogP contribution in [0.15, 0.2) is 0 Å². The largest absolute Gasteiger partial charge is 0.546 e. The van der Waals surface area contributed by atoms with Crippen molar-refractivity contribution >= 4 is 27.5 Å². The van der Waals surface area contributed by atoms with E-state index in [0.717, 1.165) is 6.26 Å². The third kappa shape index (κ3) is 4.73. The number of rotatable bonds is 3. The molecule has 0 radical (unpaired) electrons. The SMILES string of the molecule is N#COC(F)(F)OC(Cl)Br. The highest BCUT2D eigenvalue weighted by molar-refractivity contribution is 9.10. The summed E-state index contributed by atoms with van der Waals surface area (Å²) < 4.78 is 29.2. The van der Waals surface area contributed by atoms with Crippen molar-refractivity contribution in [1.82, 2.24) is 0 Å². The molecule has 0 spiro atoms. The Balaban J connectivity index is 3.77. The minimum atomic E-state index is -3.97. The Morgan fingerprint density at radius 2 is 2.20 bits per heavy atom. The van der Waals surface area contributed by atoms with Crippen molar-refractivity contribution in [3.8, 4) is 6.26 Å². The molecule has 58 valence electrons. The molecule has 10 heavy (non-hydrogen) atoms. The summed E-state index contributed by atoms with van der Waals surface area (Å²) in [5.41, 5.74) is 0. The summed E-state index contributed by atoms with van der Waals surface area (Å²) in [4.78, 5) is 0. The van der Waals surface area contributed by atoms with Gasteiger partial charge in [-0.3, -0.25) is 4.74 Å². The van der Waals surface area contributed by atoms with Crippen LogP contribution in [0.1, 0.15) is 0 Å². The first kappa shape index (κ1) is 9.88. The average molecular weight is 236 g/mol. The van der Waals surface area contributed by atoms with Crippen LogP contribution in [0.25, 0.3) is 0 Å². The van der Waals surface area contributed by atoms with Crippen LogP contribution >= 0.6 is 27.5 Å². The molecular formula is C3HBrClF2NO2. The number of nitriles is 1. The van der Waals surface area contributed by atoms with E-state index in [1.54, 1.807) is 0 Å². The maximum Gasteiger partial charge on any atom is 0.546 e. The highest BCUT2D eigenvalue weighted by Gasteiger charge is 2.36. The predicted molar refractivity (Wildman–Crippen MR) is 31.3 cm³/mol. The van der Waals surface area contributed by atoms with Crippen LogP contribution in [0.2, 0.25) is 0 Å². The molecule has 0 N–H and O–H groups in total. The van der Waals surface area contributed by atoms with Crippen molar-refractivity contribution in [2.45, 2.75) is 10.8 Å². The average Bonchev–Trinajstić information content (AvgIpc) is 1.59. The van der Waals surface area contributed by atoms with Gasteiger partial charge >= 0.3 is 6.29 Å². The number of hydrogen-bond acceptors (Lipinski definition) is 3. The van der Waals surface area contributed by atoms with Crippen LogP contribution in [-0.2, 0) is 9.47 Å². The standard InChI is InChI=1S/C3HBrClF2NO2/c4-2(5)10-3(6,7)9-1-8/h2H. The van der Waals surface area contributed by atoms with Crippen molar-refractivity contribution in [3.05, 3.63) is 0 Å². The predicted octanol–water partition coefficient (Wildman–Crippen LogP) is 1.97. The van der Waals surface area contributed by atoms with Crippen LogP contribution in [0, 0.1) is 11.5 Å². The van der Waals surface area contributed by atoms with Crippen molar-refractivity contribution in [2.75, 3.05) is 0 Å². The first-order valence-corrected chi connectivity index (χ1v) is 3.24. The second-order valence-corrected chi connectivity index (χ2v) is 2.79. The topological polar surface area (TPSA) is 42.2 Å². The maximum atomic E-state index is 11.9. The lowest BCUT2D eigenvalue weighted by atomic mass is 11.2. The minimum absolute atomic E-state index is 0.759. The van der Waals surface area contributed by atoms with Gasteiger partial charge in [-0.05, 0) is 15.9 Å². The molecule has 0 fully saturated rings. The van der Waals surface area contributed by atoms with E-state index in [0.29, 0.717) is 0 Å². The molecule has 0 aliphatic heterocycles. The number of nitrogens with zero attached hydrogens (tertiary/aromatic N) is 1. The van der Waals surface area contributed by atoms with E-state index < -0.39 is 10.8 Å². The zero-order valence-electron chi connectivity index (χ0n) is 4.35. The lowest BCUT2D eigenvalue weighted by Gasteiger charge is -2.11. The molecule has 0 amide bonds. The van der Waals surface area contributed by atoms with Gasteiger partial charge in [-0.2, -0.15) is 0 Å². The molecule has 0 saturated heterocycles. The smallest absolute Gasteiger partial charge is 0.334 e. The van der Waals surface area contributed by atoms with E-state index >= 15 is 0 Å². The highest BCUT2D eigenvalue weighted by Crippen LogP contribution is 2.22. The normalized spacial score (nSPS) is 13.9. The molecule has 0 rings (SSSR count). The van der Waals surface area contributed by atoms with Gasteiger partial charge in [0.15, 0.2) is 4.47 Å². The van der Waals surface area contributed by atoms with Crippen molar-refractivity contribution < 1.29 is 18.3 Å². The molecule has 0 aliphatic carbocycles. The van der Waals surface area contributed by atoms with Gasteiger partial charge in [-0.25, -0.2) is 0 Å². The van der Waals surface area contributed by atoms with Crippen LogP contribution < -0.4 is 0 Å². The highest BCUT2D eigenvalue weighted by atomic mass is 79.9. The van der Waals surface area contributed by atoms with Crippen LogP contribution in [-0.4, -0.2) is 10.8 Å². The van der Waals surface area contributed by atoms with E-state index in [4.69, 9.17) is 16.9 Å². The molecule has 0 aromatic heterocycles. The molecule has 1 unspecified atom stereocenters. The lowest BCUT2D eigenvalue weighted by molar-refractivity contribution is -0.364. The third-order valence-corrected chi connectivity index (χ3v) is 0.667. The van der Waals surface area contributed by atoms with Gasteiger partial charge in [0.05, 0.1) is 0 Å². The Kier molecular flexibility index (Phi) is 3.86. The van der Waals surface area contributed by atoms with Crippen molar-refractivity contribution in [2.24, 2.45) is 0 Å². The first-order valence-electron chi connectivity index (χ1n) is 1.89. The molecular weight excluding hydrogens is 235 g/mol. The Bertz CT molecular complexity index is 148. The lowest BCUT2D eigenvalue weighted by Crippen LogP contribution is -2.24. The molecule has 0 heterocycles. The van der Waals surface area contributed by atoms with Crippen LogP contribution in [0.5, 0.6) is 0 Å². The summed E-state index contributed by atoms with van der Waals surface area (Å²) in [6, 6.07) is 0. The van der Waals surface area contributed by atoms with E-state index in [2.05, 4.69) is 25.4 Å². The molecule has 0 aromatic rings. The number of hydrogen-bond donors (Lipinski definition) is 0. The Hall–Kier alpha value is -0.120. The monoisotopic (exact) mass is 235 g/mol. The fraction of sp³-hybridized carbons (Fsp3) is 0.667. The zero-order chi connectivity index (χ0) is 8.20. The van der Waals surface area contributed by atoms with Gasteiger partial charge in [0.2, 0.25) is 0 Å². The third-order valence-electron chi connectivity index (χ3n) is 0.391. The van der Waals surface area contributed by atoms with E-state index in [9.17, 15) is 8.78 Å². The Morgan fingerprint density at radius 3 is 2.50 bits per heavy atom. The fourth-order valence-electron chi connectivity index (χ4n) is 0.181. The van der Waals surface area contributed by atoms with Gasteiger partial charge in [0, 0.05) is 0 Å². The van der Waals surface area contributed by atoms with Crippen molar-refractivity contribution in [3.63, 3.8) is 0 Å². The Labute approximate surface area is 68.6 Å². The number of ether oxygens (including phenoxy) is 2. The van der Waals surface area contributed by atoms with Gasteiger partial charge in [-0.1, -0.05) is 11.6 Å². The van der Waals surface area contributed by atoms with Gasteiger partial charge in [-0.15, -0.1) is 14.0 Å². The molecule has 0 saturated carbocycles. The molecule has 3 nitrogen and oxygen atoms in total. The maximum absolute atomic E-state index is 11.9. The zero-order valence-corrected chi connectivity index (χ0v) is 6.69. The summed E-state index contributed by atoms with van der Waals surface area (Å²) >= 11 is 7.38. The molecule has 0 aliphatic rings. The van der Waals surface area contributed by atoms with Gasteiger partial charge in [0.1, 0.15) is 0 Å². The summed E-state index contributed by atoms with van der Waals surface area (Å²) in [7, 11) is 0. The molecule has 0 bridgehead atoms. The van der Waals surface area contributed by atoms with E-state index in [1.165, 1.54) is 0 Å². The van der Waals surface area contributed by atoms with E-state index in [1.807, 2.05) is 0 Å². The van der Waals surface area contributed by atoms with Gasteiger partial charge < -0.3 is 4.74 Å². The number of halogens is 4. The van der Waals surface area contributed by atoms with Crippen LogP contribution in [0.4, 0.5) is 8.78 Å². The quantitative estimate of drug-likeness (QED) is 0.427. The summed E-state index contributed by atoms with van der Waals surface area (Å²) in [6.07, 6.45) is -3.21. The number of alkyl halides is 4.